The monoisotopic (exact) mass is 186 g/mol. The lowest BCUT2D eigenvalue weighted by molar-refractivity contribution is 0.0135. The van der Waals surface area contributed by atoms with E-state index in [1.165, 1.54) is 25.7 Å². The molecule has 1 saturated carbocycles. The van der Waals surface area contributed by atoms with Crippen molar-refractivity contribution < 1.29 is 4.39 Å². The molecule has 0 aromatic rings. The molecule has 0 atom stereocenters. The van der Waals surface area contributed by atoms with Crippen molar-refractivity contribution in [2.45, 2.75) is 65.5 Å². The summed E-state index contributed by atoms with van der Waals surface area (Å²) in [5.41, 5.74) is 0.437. The van der Waals surface area contributed by atoms with Gasteiger partial charge in [0.1, 0.15) is 6.17 Å². The van der Waals surface area contributed by atoms with Crippen LogP contribution in [0.5, 0.6) is 0 Å². The third kappa shape index (κ3) is 2.45. The van der Waals surface area contributed by atoms with Crippen molar-refractivity contribution >= 4 is 0 Å². The minimum atomic E-state index is -0.488. The number of hydrogen-bond acceptors (Lipinski definition) is 0. The lowest BCUT2D eigenvalue weighted by Crippen LogP contribution is -2.38. The van der Waals surface area contributed by atoms with Crippen molar-refractivity contribution in [1.82, 2.24) is 0 Å². The van der Waals surface area contributed by atoms with Crippen molar-refractivity contribution in [3.8, 4) is 0 Å². The summed E-state index contributed by atoms with van der Waals surface area (Å²) in [5.74, 6) is 0.669. The van der Waals surface area contributed by atoms with Gasteiger partial charge in [-0.2, -0.15) is 0 Å². The zero-order valence-corrected chi connectivity index (χ0v) is 9.28. The van der Waals surface area contributed by atoms with Gasteiger partial charge in [0, 0.05) is 0 Å². The van der Waals surface area contributed by atoms with Crippen LogP contribution in [0.4, 0.5) is 4.39 Å². The van der Waals surface area contributed by atoms with Gasteiger partial charge in [-0.15, -0.1) is 0 Å². The van der Waals surface area contributed by atoms with Gasteiger partial charge in [-0.3, -0.25) is 0 Å². The second-order valence-electron chi connectivity index (χ2n) is 4.92. The zero-order valence-electron chi connectivity index (χ0n) is 9.28. The van der Waals surface area contributed by atoms with E-state index in [0.717, 1.165) is 12.8 Å². The Morgan fingerprint density at radius 3 is 1.92 bits per heavy atom. The summed E-state index contributed by atoms with van der Waals surface area (Å²) < 4.78 is 12.8. The molecular formula is C12H23F. The maximum Gasteiger partial charge on any atom is 0.101 e. The topological polar surface area (TPSA) is 0 Å². The average Bonchev–Trinajstić information content (AvgIpc) is 2.00. The summed E-state index contributed by atoms with van der Waals surface area (Å²) in [6, 6.07) is 0. The van der Waals surface area contributed by atoms with Crippen molar-refractivity contribution in [3.05, 3.63) is 0 Å². The average molecular weight is 186 g/mol. The van der Waals surface area contributed by atoms with Crippen LogP contribution in [0.15, 0.2) is 0 Å². The highest BCUT2D eigenvalue weighted by Crippen LogP contribution is 2.48. The molecule has 1 aliphatic carbocycles. The molecule has 1 aliphatic rings. The SMILES string of the molecule is CCCC(C)(CCC)C1CC(F)C1. The Balaban J connectivity index is 2.45. The van der Waals surface area contributed by atoms with Crippen LogP contribution < -0.4 is 0 Å². The Labute approximate surface area is 81.9 Å². The quantitative estimate of drug-likeness (QED) is 0.599. The van der Waals surface area contributed by atoms with Gasteiger partial charge in [-0.05, 0) is 37.0 Å². The fourth-order valence-corrected chi connectivity index (χ4v) is 2.79. The molecule has 0 N–H and O–H groups in total. The number of hydrogen-bond donors (Lipinski definition) is 0. The molecule has 1 rings (SSSR count). The molecule has 0 nitrogen and oxygen atoms in total. The maximum atomic E-state index is 12.8. The first-order chi connectivity index (χ1) is 6.12. The molecule has 0 heterocycles. The van der Waals surface area contributed by atoms with Crippen LogP contribution in [0.25, 0.3) is 0 Å². The minimum Gasteiger partial charge on any atom is -0.247 e. The summed E-state index contributed by atoms with van der Waals surface area (Å²) in [4.78, 5) is 0. The summed E-state index contributed by atoms with van der Waals surface area (Å²) >= 11 is 0. The Morgan fingerprint density at radius 2 is 1.62 bits per heavy atom. The Morgan fingerprint density at radius 1 is 1.15 bits per heavy atom. The predicted molar refractivity (Wildman–Crippen MR) is 55.5 cm³/mol. The summed E-state index contributed by atoms with van der Waals surface area (Å²) in [6.45, 7) is 6.83. The molecule has 0 radical (unpaired) electrons. The molecule has 0 saturated heterocycles. The van der Waals surface area contributed by atoms with Gasteiger partial charge in [0.05, 0.1) is 0 Å². The lowest BCUT2D eigenvalue weighted by Gasteiger charge is -2.45. The number of halogens is 1. The molecule has 0 unspecified atom stereocenters. The van der Waals surface area contributed by atoms with E-state index in [0.29, 0.717) is 11.3 Å². The van der Waals surface area contributed by atoms with Gasteiger partial charge < -0.3 is 0 Å². The number of rotatable bonds is 5. The molecule has 0 aliphatic heterocycles. The van der Waals surface area contributed by atoms with Crippen LogP contribution in [0, 0.1) is 11.3 Å². The van der Waals surface area contributed by atoms with E-state index >= 15 is 0 Å². The fraction of sp³-hybridized carbons (Fsp3) is 1.00. The van der Waals surface area contributed by atoms with Crippen LogP contribution in [0.1, 0.15) is 59.3 Å². The van der Waals surface area contributed by atoms with Crippen LogP contribution in [0.2, 0.25) is 0 Å². The van der Waals surface area contributed by atoms with E-state index in [1.807, 2.05) is 0 Å². The predicted octanol–water partition coefficient (Wildman–Crippen LogP) is 4.34. The van der Waals surface area contributed by atoms with Gasteiger partial charge >= 0.3 is 0 Å². The van der Waals surface area contributed by atoms with E-state index in [4.69, 9.17) is 0 Å². The highest BCUT2D eigenvalue weighted by molar-refractivity contribution is 4.91. The summed E-state index contributed by atoms with van der Waals surface area (Å²) in [5, 5.41) is 0. The van der Waals surface area contributed by atoms with Crippen LogP contribution in [0.3, 0.4) is 0 Å². The molecule has 0 spiro atoms. The first-order valence-electron chi connectivity index (χ1n) is 5.76. The third-order valence-electron chi connectivity index (χ3n) is 3.71. The molecule has 0 aromatic carbocycles. The van der Waals surface area contributed by atoms with Gasteiger partial charge in [0.15, 0.2) is 0 Å². The van der Waals surface area contributed by atoms with Gasteiger partial charge in [0.2, 0.25) is 0 Å². The van der Waals surface area contributed by atoms with Gasteiger partial charge in [0.25, 0.3) is 0 Å². The largest absolute Gasteiger partial charge is 0.247 e. The van der Waals surface area contributed by atoms with Crippen LogP contribution >= 0.6 is 0 Å². The molecule has 78 valence electrons. The molecule has 1 heteroatoms. The number of alkyl halides is 1. The lowest BCUT2D eigenvalue weighted by atomic mass is 9.62. The zero-order chi connectivity index (χ0) is 9.90. The maximum absolute atomic E-state index is 12.8. The first kappa shape index (κ1) is 11.0. The second kappa shape index (κ2) is 4.43. The third-order valence-corrected chi connectivity index (χ3v) is 3.71. The standard InChI is InChI=1S/C12H23F/c1-4-6-12(3,7-5-2)10-8-11(13)9-10/h10-11H,4-9H2,1-3H3. The summed E-state index contributed by atoms with van der Waals surface area (Å²) in [6.07, 6.45) is 6.20. The normalized spacial score (nSPS) is 28.6. The Kier molecular flexibility index (Phi) is 3.75. The van der Waals surface area contributed by atoms with Gasteiger partial charge in [-0.1, -0.05) is 33.6 Å². The molecule has 0 amide bonds. The molecule has 0 bridgehead atoms. The van der Waals surface area contributed by atoms with Crippen LogP contribution in [-0.2, 0) is 0 Å². The Bertz CT molecular complexity index is 141. The van der Waals surface area contributed by atoms with E-state index in [1.54, 1.807) is 0 Å². The van der Waals surface area contributed by atoms with Gasteiger partial charge in [-0.25, -0.2) is 4.39 Å². The molecule has 0 aromatic heterocycles. The summed E-state index contributed by atoms with van der Waals surface area (Å²) in [7, 11) is 0. The van der Waals surface area contributed by atoms with Crippen molar-refractivity contribution in [1.29, 1.82) is 0 Å². The first-order valence-corrected chi connectivity index (χ1v) is 5.76. The van der Waals surface area contributed by atoms with E-state index in [-0.39, 0.29) is 0 Å². The Hall–Kier alpha value is -0.0700. The minimum absolute atomic E-state index is 0.437. The van der Waals surface area contributed by atoms with E-state index in [9.17, 15) is 4.39 Å². The van der Waals surface area contributed by atoms with Crippen LogP contribution in [-0.4, -0.2) is 6.17 Å². The molecular weight excluding hydrogens is 163 g/mol. The van der Waals surface area contributed by atoms with Crippen molar-refractivity contribution in [2.75, 3.05) is 0 Å². The van der Waals surface area contributed by atoms with E-state index in [2.05, 4.69) is 20.8 Å². The van der Waals surface area contributed by atoms with E-state index < -0.39 is 6.17 Å². The van der Waals surface area contributed by atoms with Crippen molar-refractivity contribution in [3.63, 3.8) is 0 Å². The molecule has 13 heavy (non-hydrogen) atoms. The smallest absolute Gasteiger partial charge is 0.101 e. The highest BCUT2D eigenvalue weighted by atomic mass is 19.1. The second-order valence-corrected chi connectivity index (χ2v) is 4.92. The highest BCUT2D eigenvalue weighted by Gasteiger charge is 2.41. The van der Waals surface area contributed by atoms with Crippen molar-refractivity contribution in [2.24, 2.45) is 11.3 Å². The molecule has 1 fully saturated rings. The fourth-order valence-electron chi connectivity index (χ4n) is 2.79.